The molecule has 0 radical (unpaired) electrons. The van der Waals surface area contributed by atoms with Gasteiger partial charge in [-0.1, -0.05) is 30.3 Å². The van der Waals surface area contributed by atoms with Crippen LogP contribution >= 0.6 is 11.6 Å². The van der Waals surface area contributed by atoms with Crippen molar-refractivity contribution in [1.82, 2.24) is 0 Å². The van der Waals surface area contributed by atoms with E-state index in [0.29, 0.717) is 5.84 Å². The topological polar surface area (TPSA) is 47.6 Å². The first kappa shape index (κ1) is 14.4. The molecule has 3 aromatic carbocycles. The molecule has 0 aliphatic carbocycles. The van der Waals surface area contributed by atoms with Gasteiger partial charge in [-0.3, -0.25) is 0 Å². The second-order valence-electron chi connectivity index (χ2n) is 4.84. The van der Waals surface area contributed by atoms with Crippen LogP contribution in [0.4, 0.5) is 5.69 Å². The lowest BCUT2D eigenvalue weighted by Gasteiger charge is -2.07. The quantitative estimate of drug-likeness (QED) is 0.425. The normalized spacial score (nSPS) is 11.6. The van der Waals surface area contributed by atoms with Gasteiger partial charge in [0.1, 0.15) is 17.3 Å². The highest BCUT2D eigenvalue weighted by atomic mass is 35.5. The molecule has 4 heteroatoms. The second-order valence-corrected chi connectivity index (χ2v) is 5.11. The zero-order valence-electron chi connectivity index (χ0n) is 11.9. The van der Waals surface area contributed by atoms with Crippen molar-refractivity contribution in [3.8, 4) is 11.5 Å². The zero-order valence-corrected chi connectivity index (χ0v) is 12.6. The molecule has 3 rings (SSSR count). The smallest absolute Gasteiger partial charge is 0.128 e. The van der Waals surface area contributed by atoms with Crippen LogP contribution < -0.4 is 10.5 Å². The number of benzene rings is 3. The molecular formula is C18H15ClN2O. The van der Waals surface area contributed by atoms with Gasteiger partial charge in [0.2, 0.25) is 0 Å². The van der Waals surface area contributed by atoms with Gasteiger partial charge >= 0.3 is 0 Å². The molecule has 2 N–H and O–H groups in total. The van der Waals surface area contributed by atoms with Gasteiger partial charge in [0.25, 0.3) is 0 Å². The Morgan fingerprint density at radius 1 is 0.909 bits per heavy atom. The summed E-state index contributed by atoms with van der Waals surface area (Å²) in [5.41, 5.74) is 6.36. The molecule has 110 valence electrons. The third-order valence-electron chi connectivity index (χ3n) is 3.20. The van der Waals surface area contributed by atoms with E-state index in [1.807, 2.05) is 54.6 Å². The maximum atomic E-state index is 5.87. The standard InChI is InChI=1S/C18H15ClN2O/c19-12-18(20)21-15-6-9-16(10-7-15)22-17-8-5-13-3-1-2-4-14(13)11-17/h1-11H,12H2,(H2,20,21). The fourth-order valence-electron chi connectivity index (χ4n) is 2.15. The minimum Gasteiger partial charge on any atom is -0.457 e. The number of hydrogen-bond acceptors (Lipinski definition) is 2. The van der Waals surface area contributed by atoms with E-state index in [1.54, 1.807) is 0 Å². The molecule has 0 fully saturated rings. The Kier molecular flexibility index (Phi) is 4.26. The van der Waals surface area contributed by atoms with Crippen molar-refractivity contribution in [3.05, 3.63) is 66.7 Å². The van der Waals surface area contributed by atoms with E-state index in [9.17, 15) is 0 Å². The summed E-state index contributed by atoms with van der Waals surface area (Å²) in [5, 5.41) is 2.34. The highest BCUT2D eigenvalue weighted by Crippen LogP contribution is 2.27. The predicted octanol–water partition coefficient (Wildman–Crippen LogP) is 4.86. The minimum absolute atomic E-state index is 0.218. The van der Waals surface area contributed by atoms with Crippen molar-refractivity contribution in [2.75, 3.05) is 5.88 Å². The number of nitrogens with zero attached hydrogens (tertiary/aromatic N) is 1. The van der Waals surface area contributed by atoms with Crippen LogP contribution in [0.2, 0.25) is 0 Å². The third kappa shape index (κ3) is 3.38. The number of halogens is 1. The Morgan fingerprint density at radius 2 is 1.59 bits per heavy atom. The average molecular weight is 311 g/mol. The van der Waals surface area contributed by atoms with Gasteiger partial charge < -0.3 is 10.5 Å². The van der Waals surface area contributed by atoms with Gasteiger partial charge in [-0.05, 0) is 47.2 Å². The highest BCUT2D eigenvalue weighted by Gasteiger charge is 2.00. The maximum Gasteiger partial charge on any atom is 0.128 e. The van der Waals surface area contributed by atoms with E-state index in [4.69, 9.17) is 22.1 Å². The lowest BCUT2D eigenvalue weighted by atomic mass is 10.1. The molecule has 0 heterocycles. The van der Waals surface area contributed by atoms with E-state index in [0.717, 1.165) is 22.6 Å². The molecule has 0 atom stereocenters. The van der Waals surface area contributed by atoms with E-state index >= 15 is 0 Å². The molecule has 0 aliphatic rings. The summed E-state index contributed by atoms with van der Waals surface area (Å²) in [7, 11) is 0. The molecule has 0 bridgehead atoms. The number of fused-ring (bicyclic) bond motifs is 1. The van der Waals surface area contributed by atoms with Crippen molar-refractivity contribution < 1.29 is 4.74 Å². The average Bonchev–Trinajstić information content (AvgIpc) is 2.56. The zero-order chi connectivity index (χ0) is 15.4. The van der Waals surface area contributed by atoms with Crippen molar-refractivity contribution in [3.63, 3.8) is 0 Å². The summed E-state index contributed by atoms with van der Waals surface area (Å²) in [6, 6.07) is 21.6. The predicted molar refractivity (Wildman–Crippen MR) is 92.5 cm³/mol. The number of nitrogens with two attached hydrogens (primary N) is 1. The number of ether oxygens (including phenoxy) is 1. The summed E-state index contributed by atoms with van der Waals surface area (Å²) in [6.45, 7) is 0. The van der Waals surface area contributed by atoms with Gasteiger partial charge in [0.05, 0.1) is 11.6 Å². The fourth-order valence-corrected chi connectivity index (χ4v) is 2.21. The number of aliphatic imine (C=N–C) groups is 1. The molecule has 0 aliphatic heterocycles. The van der Waals surface area contributed by atoms with Crippen molar-refractivity contribution in [2.24, 2.45) is 10.7 Å². The number of amidine groups is 1. The molecule has 0 spiro atoms. The highest BCUT2D eigenvalue weighted by molar-refractivity contribution is 6.28. The van der Waals surface area contributed by atoms with Crippen LogP contribution in [-0.4, -0.2) is 11.7 Å². The van der Waals surface area contributed by atoms with Crippen LogP contribution in [0, 0.1) is 0 Å². The summed E-state index contributed by atoms with van der Waals surface area (Å²) in [5.74, 6) is 2.16. The van der Waals surface area contributed by atoms with Crippen molar-refractivity contribution >= 4 is 33.9 Å². The first-order valence-corrected chi connectivity index (χ1v) is 7.44. The summed E-state index contributed by atoms with van der Waals surface area (Å²) >= 11 is 5.61. The Hall–Kier alpha value is -2.52. The first-order valence-electron chi connectivity index (χ1n) is 6.90. The summed E-state index contributed by atoms with van der Waals surface area (Å²) in [4.78, 5) is 4.17. The van der Waals surface area contributed by atoms with Gasteiger partial charge in [-0.2, -0.15) is 0 Å². The molecule has 0 aromatic heterocycles. The second kappa shape index (κ2) is 6.50. The fraction of sp³-hybridized carbons (Fsp3) is 0.0556. The third-order valence-corrected chi connectivity index (χ3v) is 3.48. The lowest BCUT2D eigenvalue weighted by molar-refractivity contribution is 0.483. The summed E-state index contributed by atoms with van der Waals surface area (Å²) in [6.07, 6.45) is 0. The van der Waals surface area contributed by atoms with Crippen LogP contribution in [0.1, 0.15) is 0 Å². The molecule has 0 saturated heterocycles. The largest absolute Gasteiger partial charge is 0.457 e. The monoisotopic (exact) mass is 310 g/mol. The van der Waals surface area contributed by atoms with Gasteiger partial charge in [-0.25, -0.2) is 4.99 Å². The van der Waals surface area contributed by atoms with Crippen LogP contribution in [0.15, 0.2) is 71.7 Å². The number of rotatable bonds is 4. The molecule has 0 saturated carbocycles. The Balaban J connectivity index is 1.79. The van der Waals surface area contributed by atoms with Crippen molar-refractivity contribution in [1.29, 1.82) is 0 Å². The first-order chi connectivity index (χ1) is 10.7. The molecule has 0 amide bonds. The lowest BCUT2D eigenvalue weighted by Crippen LogP contribution is -2.12. The van der Waals surface area contributed by atoms with E-state index in [2.05, 4.69) is 17.1 Å². The van der Waals surface area contributed by atoms with Gasteiger partial charge in [0, 0.05) is 0 Å². The minimum atomic E-state index is 0.218. The van der Waals surface area contributed by atoms with E-state index in [-0.39, 0.29) is 5.88 Å². The Labute approximate surface area is 134 Å². The number of hydrogen-bond donors (Lipinski definition) is 1. The van der Waals surface area contributed by atoms with Crippen LogP contribution in [-0.2, 0) is 0 Å². The molecule has 3 nitrogen and oxygen atoms in total. The Morgan fingerprint density at radius 3 is 2.32 bits per heavy atom. The van der Waals surface area contributed by atoms with Crippen molar-refractivity contribution in [2.45, 2.75) is 0 Å². The molecule has 22 heavy (non-hydrogen) atoms. The van der Waals surface area contributed by atoms with Crippen LogP contribution in [0.5, 0.6) is 11.5 Å². The molecule has 0 unspecified atom stereocenters. The summed E-state index contributed by atoms with van der Waals surface area (Å²) < 4.78 is 5.87. The van der Waals surface area contributed by atoms with E-state index in [1.165, 1.54) is 5.39 Å². The van der Waals surface area contributed by atoms with E-state index < -0.39 is 0 Å². The maximum absolute atomic E-state index is 5.87. The van der Waals surface area contributed by atoms with Gasteiger partial charge in [0.15, 0.2) is 0 Å². The van der Waals surface area contributed by atoms with Crippen LogP contribution in [0.25, 0.3) is 10.8 Å². The SMILES string of the molecule is NC(CCl)=Nc1ccc(Oc2ccc3ccccc3c2)cc1. The van der Waals surface area contributed by atoms with Crippen LogP contribution in [0.3, 0.4) is 0 Å². The number of alkyl halides is 1. The molecular weight excluding hydrogens is 296 g/mol. The molecule has 3 aromatic rings. The van der Waals surface area contributed by atoms with Gasteiger partial charge in [-0.15, -0.1) is 11.6 Å². The Bertz CT molecular complexity index is 813.